The molecule has 168 valence electrons. The van der Waals surface area contributed by atoms with Crippen molar-refractivity contribution >= 4 is 28.3 Å². The third-order valence-corrected chi connectivity index (χ3v) is 5.62. The number of primary amides is 1. The number of rotatable bonds is 5. The van der Waals surface area contributed by atoms with Crippen LogP contribution in [-0.2, 0) is 11.2 Å². The highest BCUT2D eigenvalue weighted by Gasteiger charge is 2.27. The van der Waals surface area contributed by atoms with Gasteiger partial charge < -0.3 is 16.4 Å². The van der Waals surface area contributed by atoms with Gasteiger partial charge in [0.1, 0.15) is 11.5 Å². The number of aromatic amines is 1. The summed E-state index contributed by atoms with van der Waals surface area (Å²) in [6, 6.07) is 11.3. The minimum Gasteiger partial charge on any atom is -0.400 e. The number of benzene rings is 2. The Bertz CT molecular complexity index is 1390. The van der Waals surface area contributed by atoms with E-state index in [9.17, 15) is 18.8 Å². The van der Waals surface area contributed by atoms with E-state index in [1.165, 1.54) is 17.0 Å². The number of aromatic nitrogens is 2. The van der Waals surface area contributed by atoms with Crippen LogP contribution in [0.1, 0.15) is 28.0 Å². The molecule has 1 aliphatic heterocycles. The topological polar surface area (TPSA) is 159 Å². The molecule has 3 aromatic rings. The van der Waals surface area contributed by atoms with E-state index in [-0.39, 0.29) is 48.5 Å². The lowest BCUT2D eigenvalue weighted by Crippen LogP contribution is -2.41. The van der Waals surface area contributed by atoms with Crippen LogP contribution in [0.5, 0.6) is 0 Å². The molecule has 0 atom stereocenters. The number of hydrogen-bond donors (Lipinski definition) is 4. The summed E-state index contributed by atoms with van der Waals surface area (Å²) < 4.78 is 14.6. The van der Waals surface area contributed by atoms with Crippen LogP contribution in [-0.4, -0.2) is 45.7 Å². The summed E-state index contributed by atoms with van der Waals surface area (Å²) in [6.45, 7) is 0.125. The van der Waals surface area contributed by atoms with Crippen LogP contribution < -0.4 is 17.0 Å². The van der Waals surface area contributed by atoms with E-state index in [1.54, 1.807) is 30.3 Å². The molecule has 2 amide bonds. The highest BCUT2D eigenvalue weighted by atomic mass is 19.1. The van der Waals surface area contributed by atoms with E-state index in [0.717, 1.165) is 0 Å². The maximum Gasteiger partial charge on any atom is 0.272 e. The first-order valence-electron chi connectivity index (χ1n) is 10.2. The standard InChI is InChI=1S/C23H21FN6O3/c24-17-6-5-12(10-19-13-3-1-2-4-14(13)22(32)29-28-19)9-16(17)23(33)30-8-7-15(18(25)11-30)20(26)21(27)31/h1-6,9,26H,7-8,10-11,25H2,(H2,27,31)(H,29,32). The first-order chi connectivity index (χ1) is 15.8. The molecule has 33 heavy (non-hydrogen) atoms. The lowest BCUT2D eigenvalue weighted by molar-refractivity contribution is -0.112. The van der Waals surface area contributed by atoms with Gasteiger partial charge >= 0.3 is 0 Å². The summed E-state index contributed by atoms with van der Waals surface area (Å²) in [5.41, 5.74) is 12.0. The SMILES string of the molecule is N=C(C(N)=O)C1=C(N)CN(C(=O)c2cc(Cc3n[nH]c(=O)c4ccccc34)ccc2F)CC1. The maximum atomic E-state index is 14.6. The fraction of sp³-hybridized carbons (Fsp3) is 0.174. The minimum absolute atomic E-state index is 0.0421. The molecule has 4 rings (SSSR count). The van der Waals surface area contributed by atoms with Crippen LogP contribution in [0.2, 0.25) is 0 Å². The molecule has 0 spiro atoms. The number of nitrogens with zero attached hydrogens (tertiary/aromatic N) is 2. The molecule has 0 saturated heterocycles. The molecule has 6 N–H and O–H groups in total. The van der Waals surface area contributed by atoms with Crippen molar-refractivity contribution in [3.63, 3.8) is 0 Å². The van der Waals surface area contributed by atoms with Gasteiger partial charge in [0.05, 0.1) is 23.2 Å². The van der Waals surface area contributed by atoms with Gasteiger partial charge in [0.25, 0.3) is 17.4 Å². The van der Waals surface area contributed by atoms with E-state index < -0.39 is 17.6 Å². The number of nitrogens with two attached hydrogens (primary N) is 2. The van der Waals surface area contributed by atoms with E-state index in [4.69, 9.17) is 16.9 Å². The third-order valence-electron chi connectivity index (χ3n) is 5.62. The number of fused-ring (bicyclic) bond motifs is 1. The summed E-state index contributed by atoms with van der Waals surface area (Å²) >= 11 is 0. The number of amides is 2. The molecule has 0 aliphatic carbocycles. The van der Waals surface area contributed by atoms with Gasteiger partial charge in [-0.05, 0) is 30.2 Å². The normalized spacial score (nSPS) is 13.9. The predicted octanol–water partition coefficient (Wildman–Crippen LogP) is 1.22. The van der Waals surface area contributed by atoms with Gasteiger partial charge in [-0.1, -0.05) is 24.3 Å². The van der Waals surface area contributed by atoms with Crippen molar-refractivity contribution < 1.29 is 14.0 Å². The zero-order valence-corrected chi connectivity index (χ0v) is 17.5. The van der Waals surface area contributed by atoms with Crippen molar-refractivity contribution in [3.8, 4) is 0 Å². The van der Waals surface area contributed by atoms with Crippen LogP contribution in [0.3, 0.4) is 0 Å². The van der Waals surface area contributed by atoms with Gasteiger partial charge in [-0.2, -0.15) is 5.10 Å². The molecule has 0 bridgehead atoms. The highest BCUT2D eigenvalue weighted by molar-refractivity contribution is 6.43. The van der Waals surface area contributed by atoms with Gasteiger partial charge in [-0.3, -0.25) is 19.8 Å². The van der Waals surface area contributed by atoms with E-state index in [0.29, 0.717) is 27.6 Å². The Labute approximate surface area is 187 Å². The predicted molar refractivity (Wildman–Crippen MR) is 120 cm³/mol. The number of halogens is 1. The fourth-order valence-corrected chi connectivity index (χ4v) is 3.91. The zero-order chi connectivity index (χ0) is 23.7. The molecule has 2 aromatic carbocycles. The number of hydrogen-bond acceptors (Lipinski definition) is 6. The van der Waals surface area contributed by atoms with Crippen molar-refractivity contribution in [1.29, 1.82) is 5.41 Å². The first kappa shape index (κ1) is 21.9. The zero-order valence-electron chi connectivity index (χ0n) is 17.5. The first-order valence-corrected chi connectivity index (χ1v) is 10.2. The van der Waals surface area contributed by atoms with Gasteiger partial charge in [-0.25, -0.2) is 9.49 Å². The summed E-state index contributed by atoms with van der Waals surface area (Å²) in [5.74, 6) is -2.13. The lowest BCUT2D eigenvalue weighted by Gasteiger charge is -2.29. The van der Waals surface area contributed by atoms with E-state index in [1.807, 2.05) is 0 Å². The Balaban J connectivity index is 1.61. The van der Waals surface area contributed by atoms with Crippen LogP contribution in [0.15, 0.2) is 58.5 Å². The van der Waals surface area contributed by atoms with Crippen molar-refractivity contribution in [2.75, 3.05) is 13.1 Å². The molecule has 0 unspecified atom stereocenters. The fourth-order valence-electron chi connectivity index (χ4n) is 3.91. The van der Waals surface area contributed by atoms with Crippen molar-refractivity contribution in [1.82, 2.24) is 15.1 Å². The van der Waals surface area contributed by atoms with Crippen molar-refractivity contribution in [2.45, 2.75) is 12.8 Å². The highest BCUT2D eigenvalue weighted by Crippen LogP contribution is 2.22. The number of carbonyl (C=O) groups excluding carboxylic acids is 2. The molecule has 2 heterocycles. The average molecular weight is 448 g/mol. The van der Waals surface area contributed by atoms with Gasteiger partial charge in [0, 0.05) is 29.6 Å². The van der Waals surface area contributed by atoms with Crippen molar-refractivity contribution in [3.05, 3.63) is 86.7 Å². The van der Waals surface area contributed by atoms with Crippen LogP contribution in [0.4, 0.5) is 4.39 Å². The summed E-state index contributed by atoms with van der Waals surface area (Å²) in [7, 11) is 0. The quantitative estimate of drug-likeness (QED) is 0.431. The Morgan fingerprint density at radius 3 is 2.61 bits per heavy atom. The van der Waals surface area contributed by atoms with Gasteiger partial charge in [-0.15, -0.1) is 0 Å². The molecule has 1 aliphatic rings. The van der Waals surface area contributed by atoms with Crippen LogP contribution in [0, 0.1) is 11.2 Å². The van der Waals surface area contributed by atoms with Gasteiger partial charge in [0.2, 0.25) is 0 Å². The largest absolute Gasteiger partial charge is 0.400 e. The van der Waals surface area contributed by atoms with Crippen LogP contribution >= 0.6 is 0 Å². The second-order valence-corrected chi connectivity index (χ2v) is 7.76. The minimum atomic E-state index is -0.894. The Kier molecular flexibility index (Phi) is 5.74. The molecule has 0 saturated carbocycles. The van der Waals surface area contributed by atoms with E-state index >= 15 is 0 Å². The molecule has 9 nitrogen and oxygen atoms in total. The molecule has 1 aromatic heterocycles. The molecule has 0 radical (unpaired) electrons. The molecular formula is C23H21FN6O3. The second-order valence-electron chi connectivity index (χ2n) is 7.76. The summed E-state index contributed by atoms with van der Waals surface area (Å²) in [5, 5.41) is 15.5. The number of H-pyrrole nitrogens is 1. The Hall–Kier alpha value is -4.34. The van der Waals surface area contributed by atoms with Gasteiger partial charge in [0.15, 0.2) is 0 Å². The molecule has 0 fully saturated rings. The molecular weight excluding hydrogens is 427 g/mol. The molecule has 10 heteroatoms. The number of carbonyl (C=O) groups is 2. The second kappa shape index (κ2) is 8.65. The van der Waals surface area contributed by atoms with Crippen LogP contribution in [0.25, 0.3) is 10.8 Å². The van der Waals surface area contributed by atoms with Crippen molar-refractivity contribution in [2.24, 2.45) is 11.5 Å². The third kappa shape index (κ3) is 4.22. The maximum absolute atomic E-state index is 14.6. The lowest BCUT2D eigenvalue weighted by atomic mass is 9.98. The summed E-state index contributed by atoms with van der Waals surface area (Å²) in [4.78, 5) is 37.7. The van der Waals surface area contributed by atoms with E-state index in [2.05, 4.69) is 10.2 Å². The average Bonchev–Trinajstić information content (AvgIpc) is 2.81. The monoisotopic (exact) mass is 448 g/mol. The smallest absolute Gasteiger partial charge is 0.272 e. The summed E-state index contributed by atoms with van der Waals surface area (Å²) in [6.07, 6.45) is 0.452. The Morgan fingerprint density at radius 2 is 1.91 bits per heavy atom. The number of nitrogens with one attached hydrogen (secondary N) is 2. The Morgan fingerprint density at radius 1 is 1.18 bits per heavy atom.